The Morgan fingerprint density at radius 3 is 2.67 bits per heavy atom. The first-order chi connectivity index (χ1) is 7.18. The van der Waals surface area contributed by atoms with E-state index in [4.69, 9.17) is 4.74 Å². The van der Waals surface area contributed by atoms with E-state index in [1.807, 2.05) is 0 Å². The third-order valence-electron chi connectivity index (χ3n) is 3.87. The largest absolute Gasteiger partial charge is 0.459 e. The number of hydrogen-bond acceptors (Lipinski definition) is 2. The lowest BCUT2D eigenvalue weighted by molar-refractivity contribution is -0.146. The van der Waals surface area contributed by atoms with Crippen molar-refractivity contribution in [1.29, 1.82) is 0 Å². The summed E-state index contributed by atoms with van der Waals surface area (Å²) in [5, 5.41) is 0. The highest BCUT2D eigenvalue weighted by molar-refractivity contribution is 5.87. The minimum atomic E-state index is -0.203. The maximum absolute atomic E-state index is 11.5. The zero-order valence-electron chi connectivity index (χ0n) is 9.50. The number of ether oxygens (including phenoxy) is 1. The molecule has 2 aliphatic carbocycles. The first-order valence-electron chi connectivity index (χ1n) is 6.05. The quantitative estimate of drug-likeness (QED) is 0.515. The number of carbonyl (C=O) groups excluding carboxylic acids is 1. The van der Waals surface area contributed by atoms with Gasteiger partial charge in [-0.05, 0) is 38.0 Å². The van der Waals surface area contributed by atoms with Crippen LogP contribution in [0.5, 0.6) is 0 Å². The van der Waals surface area contributed by atoms with Crippen LogP contribution in [0.15, 0.2) is 12.2 Å². The Morgan fingerprint density at radius 1 is 1.20 bits per heavy atom. The standard InChI is InChI=1S/C13H20O2/c1-9(2)13(14)15-12-8-7-10-5-3-4-6-11(10)12/h10-12H,1,3-8H2,2H3. The van der Waals surface area contributed by atoms with Gasteiger partial charge in [0.15, 0.2) is 0 Å². The van der Waals surface area contributed by atoms with Gasteiger partial charge in [-0.3, -0.25) is 0 Å². The van der Waals surface area contributed by atoms with Crippen molar-refractivity contribution < 1.29 is 9.53 Å². The highest BCUT2D eigenvalue weighted by Gasteiger charge is 2.39. The van der Waals surface area contributed by atoms with E-state index in [-0.39, 0.29) is 12.1 Å². The van der Waals surface area contributed by atoms with Gasteiger partial charge in [0.2, 0.25) is 0 Å². The Morgan fingerprint density at radius 2 is 1.93 bits per heavy atom. The summed E-state index contributed by atoms with van der Waals surface area (Å²) in [5.74, 6) is 1.26. The maximum Gasteiger partial charge on any atom is 0.333 e. The number of carbonyl (C=O) groups is 1. The van der Waals surface area contributed by atoms with Gasteiger partial charge in [0.1, 0.15) is 6.10 Å². The van der Waals surface area contributed by atoms with Crippen LogP contribution in [0, 0.1) is 11.8 Å². The van der Waals surface area contributed by atoms with E-state index in [0.717, 1.165) is 12.3 Å². The molecule has 0 spiro atoms. The van der Waals surface area contributed by atoms with Crippen molar-refractivity contribution in [3.05, 3.63) is 12.2 Å². The summed E-state index contributed by atoms with van der Waals surface area (Å²) in [7, 11) is 0. The molecule has 0 saturated heterocycles. The first-order valence-corrected chi connectivity index (χ1v) is 6.05. The molecule has 0 aromatic rings. The normalized spacial score (nSPS) is 34.6. The van der Waals surface area contributed by atoms with Gasteiger partial charge in [0.05, 0.1) is 0 Å². The fourth-order valence-corrected chi connectivity index (χ4v) is 3.06. The zero-order valence-corrected chi connectivity index (χ0v) is 9.50. The van der Waals surface area contributed by atoms with Crippen molar-refractivity contribution in [2.45, 2.75) is 51.6 Å². The monoisotopic (exact) mass is 208 g/mol. The van der Waals surface area contributed by atoms with E-state index in [9.17, 15) is 4.79 Å². The second-order valence-corrected chi connectivity index (χ2v) is 5.01. The van der Waals surface area contributed by atoms with E-state index in [1.54, 1.807) is 6.92 Å². The summed E-state index contributed by atoms with van der Waals surface area (Å²) < 4.78 is 5.50. The molecule has 0 radical (unpaired) electrons. The summed E-state index contributed by atoms with van der Waals surface area (Å²) in [6.07, 6.45) is 7.75. The van der Waals surface area contributed by atoms with Crippen LogP contribution in [-0.2, 0) is 9.53 Å². The Balaban J connectivity index is 1.93. The Hall–Kier alpha value is -0.790. The third-order valence-corrected chi connectivity index (χ3v) is 3.87. The first kappa shape index (κ1) is 10.7. The van der Waals surface area contributed by atoms with Crippen molar-refractivity contribution in [2.24, 2.45) is 11.8 Å². The minimum absolute atomic E-state index is 0.180. The molecule has 2 nitrogen and oxygen atoms in total. The van der Waals surface area contributed by atoms with Gasteiger partial charge in [0, 0.05) is 5.57 Å². The van der Waals surface area contributed by atoms with Crippen LogP contribution in [-0.4, -0.2) is 12.1 Å². The topological polar surface area (TPSA) is 26.3 Å². The fourth-order valence-electron chi connectivity index (χ4n) is 3.06. The van der Waals surface area contributed by atoms with Crippen molar-refractivity contribution in [3.8, 4) is 0 Å². The summed E-state index contributed by atoms with van der Waals surface area (Å²) in [4.78, 5) is 11.5. The van der Waals surface area contributed by atoms with Crippen LogP contribution in [0.25, 0.3) is 0 Å². The Bertz CT molecular complexity index is 270. The minimum Gasteiger partial charge on any atom is -0.459 e. The average Bonchev–Trinajstić information content (AvgIpc) is 2.62. The molecule has 2 heteroatoms. The van der Waals surface area contributed by atoms with Crippen LogP contribution < -0.4 is 0 Å². The third kappa shape index (κ3) is 2.24. The van der Waals surface area contributed by atoms with Gasteiger partial charge >= 0.3 is 5.97 Å². The van der Waals surface area contributed by atoms with Crippen molar-refractivity contribution in [2.75, 3.05) is 0 Å². The summed E-state index contributed by atoms with van der Waals surface area (Å²) in [6, 6.07) is 0. The molecule has 2 saturated carbocycles. The van der Waals surface area contributed by atoms with Gasteiger partial charge < -0.3 is 4.74 Å². The van der Waals surface area contributed by atoms with Crippen molar-refractivity contribution in [3.63, 3.8) is 0 Å². The molecule has 0 aromatic heterocycles. The van der Waals surface area contributed by atoms with Crippen molar-refractivity contribution in [1.82, 2.24) is 0 Å². The van der Waals surface area contributed by atoms with E-state index in [0.29, 0.717) is 11.5 Å². The molecule has 2 fully saturated rings. The van der Waals surface area contributed by atoms with Crippen molar-refractivity contribution >= 4 is 5.97 Å². The zero-order chi connectivity index (χ0) is 10.8. The molecule has 3 unspecified atom stereocenters. The van der Waals surface area contributed by atoms with Crippen LogP contribution >= 0.6 is 0 Å². The van der Waals surface area contributed by atoms with Gasteiger partial charge in [-0.2, -0.15) is 0 Å². The predicted octanol–water partition coefficient (Wildman–Crippen LogP) is 3.07. The molecule has 0 amide bonds. The van der Waals surface area contributed by atoms with E-state index < -0.39 is 0 Å². The molecular formula is C13H20O2. The molecule has 0 N–H and O–H groups in total. The lowest BCUT2D eigenvalue weighted by atomic mass is 9.81. The predicted molar refractivity (Wildman–Crippen MR) is 59.4 cm³/mol. The highest BCUT2D eigenvalue weighted by Crippen LogP contribution is 2.43. The molecule has 2 rings (SSSR count). The van der Waals surface area contributed by atoms with Crippen LogP contribution in [0.2, 0.25) is 0 Å². The second kappa shape index (κ2) is 4.38. The van der Waals surface area contributed by atoms with Crippen LogP contribution in [0.3, 0.4) is 0 Å². The molecule has 2 aliphatic rings. The number of hydrogen-bond donors (Lipinski definition) is 0. The number of fused-ring (bicyclic) bond motifs is 1. The maximum atomic E-state index is 11.5. The fraction of sp³-hybridized carbons (Fsp3) is 0.769. The Kier molecular flexibility index (Phi) is 3.13. The number of rotatable bonds is 2. The molecule has 0 heterocycles. The van der Waals surface area contributed by atoms with Gasteiger partial charge in [-0.25, -0.2) is 4.79 Å². The SMILES string of the molecule is C=C(C)C(=O)OC1CCC2CCCCC21. The molecule has 0 aliphatic heterocycles. The molecule has 15 heavy (non-hydrogen) atoms. The van der Waals surface area contributed by atoms with E-state index >= 15 is 0 Å². The van der Waals surface area contributed by atoms with Gasteiger partial charge in [0.25, 0.3) is 0 Å². The van der Waals surface area contributed by atoms with Crippen LogP contribution in [0.1, 0.15) is 45.4 Å². The van der Waals surface area contributed by atoms with E-state index in [2.05, 4.69) is 6.58 Å². The lowest BCUT2D eigenvalue weighted by Gasteiger charge is -2.28. The van der Waals surface area contributed by atoms with Crippen LogP contribution in [0.4, 0.5) is 0 Å². The summed E-state index contributed by atoms with van der Waals surface area (Å²) >= 11 is 0. The lowest BCUT2D eigenvalue weighted by Crippen LogP contribution is -2.27. The molecule has 0 bridgehead atoms. The smallest absolute Gasteiger partial charge is 0.333 e. The van der Waals surface area contributed by atoms with E-state index in [1.165, 1.54) is 32.1 Å². The Labute approximate surface area is 91.7 Å². The summed E-state index contributed by atoms with van der Waals surface area (Å²) in [5.41, 5.74) is 0.522. The van der Waals surface area contributed by atoms with Gasteiger partial charge in [-0.1, -0.05) is 25.8 Å². The summed E-state index contributed by atoms with van der Waals surface area (Å²) in [6.45, 7) is 5.34. The molecule has 0 aromatic carbocycles. The molecule has 84 valence electrons. The highest BCUT2D eigenvalue weighted by atomic mass is 16.5. The second-order valence-electron chi connectivity index (χ2n) is 5.01. The molecular weight excluding hydrogens is 188 g/mol. The molecule has 3 atom stereocenters. The average molecular weight is 208 g/mol. The van der Waals surface area contributed by atoms with Gasteiger partial charge in [-0.15, -0.1) is 0 Å². The number of esters is 1.